The Kier molecular flexibility index (Phi) is 1.66. The van der Waals surface area contributed by atoms with E-state index in [1.807, 2.05) is 0 Å². The molecule has 4 rings (SSSR count). The first-order valence-corrected chi connectivity index (χ1v) is 6.65. The molecule has 0 aromatic rings. The number of hydrogen-bond donors (Lipinski definition) is 0. The van der Waals surface area contributed by atoms with Crippen molar-refractivity contribution in [3.63, 3.8) is 0 Å². The zero-order valence-corrected chi connectivity index (χ0v) is 9.82. The molecule has 2 bridgehead atoms. The van der Waals surface area contributed by atoms with Crippen LogP contribution >= 0.6 is 0 Å². The Balaban J connectivity index is 1.74. The third kappa shape index (κ3) is 0.963. The fourth-order valence-corrected chi connectivity index (χ4v) is 4.76. The molecule has 88 valence electrons. The molecule has 2 saturated carbocycles. The first kappa shape index (κ1) is 9.46. The zero-order valence-electron chi connectivity index (χ0n) is 9.82. The molecule has 0 N–H and O–H groups in total. The van der Waals surface area contributed by atoms with Crippen LogP contribution in [0.25, 0.3) is 0 Å². The van der Waals surface area contributed by atoms with Crippen LogP contribution in [0.5, 0.6) is 0 Å². The minimum absolute atomic E-state index is 0.261. The summed E-state index contributed by atoms with van der Waals surface area (Å²) < 4.78 is 6.03. The van der Waals surface area contributed by atoms with Crippen LogP contribution in [0.1, 0.15) is 39.0 Å². The van der Waals surface area contributed by atoms with Crippen molar-refractivity contribution in [1.29, 1.82) is 0 Å². The second-order valence-electron chi connectivity index (χ2n) is 6.24. The van der Waals surface area contributed by atoms with E-state index in [2.05, 4.69) is 11.8 Å². The fraction of sp³-hybridized carbons (Fsp3) is 0.923. The lowest BCUT2D eigenvalue weighted by molar-refractivity contribution is -0.208. The molecule has 2 aliphatic carbocycles. The summed E-state index contributed by atoms with van der Waals surface area (Å²) in [6.07, 6.45) is 5.64. The molecule has 0 spiro atoms. The lowest BCUT2D eigenvalue weighted by Crippen LogP contribution is -2.60. The smallest absolute Gasteiger partial charge is 0.225 e. The van der Waals surface area contributed by atoms with Gasteiger partial charge in [-0.2, -0.15) is 0 Å². The topological polar surface area (TPSA) is 29.5 Å². The molecule has 5 atom stereocenters. The average molecular weight is 221 g/mol. The van der Waals surface area contributed by atoms with Crippen molar-refractivity contribution in [3.05, 3.63) is 0 Å². The maximum Gasteiger partial charge on any atom is 0.225 e. The van der Waals surface area contributed by atoms with Crippen LogP contribution in [-0.4, -0.2) is 29.2 Å². The van der Waals surface area contributed by atoms with E-state index in [0.29, 0.717) is 24.3 Å². The van der Waals surface area contributed by atoms with Gasteiger partial charge in [0.05, 0.1) is 6.61 Å². The van der Waals surface area contributed by atoms with Crippen molar-refractivity contribution >= 4 is 5.91 Å². The summed E-state index contributed by atoms with van der Waals surface area (Å²) in [7, 11) is 0. The van der Waals surface area contributed by atoms with Gasteiger partial charge in [0, 0.05) is 24.8 Å². The van der Waals surface area contributed by atoms with Gasteiger partial charge in [-0.25, -0.2) is 0 Å². The molecule has 0 aromatic heterocycles. The van der Waals surface area contributed by atoms with E-state index in [0.717, 1.165) is 24.9 Å². The molecule has 1 amide bonds. The van der Waals surface area contributed by atoms with Crippen molar-refractivity contribution in [2.24, 2.45) is 17.8 Å². The summed E-state index contributed by atoms with van der Waals surface area (Å²) in [5, 5.41) is 0. The van der Waals surface area contributed by atoms with Gasteiger partial charge in [-0.3, -0.25) is 4.79 Å². The van der Waals surface area contributed by atoms with E-state index in [-0.39, 0.29) is 5.72 Å². The molecule has 2 saturated heterocycles. The molecule has 0 radical (unpaired) electrons. The first-order valence-electron chi connectivity index (χ1n) is 6.65. The summed E-state index contributed by atoms with van der Waals surface area (Å²) in [6.45, 7) is 3.01. The summed E-state index contributed by atoms with van der Waals surface area (Å²) in [4.78, 5) is 14.2. The Labute approximate surface area is 96.1 Å². The van der Waals surface area contributed by atoms with E-state index in [1.54, 1.807) is 0 Å². The Hall–Kier alpha value is -0.570. The number of amides is 1. The third-order valence-corrected chi connectivity index (χ3v) is 5.51. The van der Waals surface area contributed by atoms with E-state index in [9.17, 15) is 4.79 Å². The molecule has 4 fully saturated rings. The number of carbonyl (C=O) groups excluding carboxylic acids is 1. The van der Waals surface area contributed by atoms with Crippen molar-refractivity contribution in [2.45, 2.75) is 50.8 Å². The van der Waals surface area contributed by atoms with Gasteiger partial charge in [-0.15, -0.1) is 0 Å². The zero-order chi connectivity index (χ0) is 10.9. The van der Waals surface area contributed by atoms with E-state index >= 15 is 0 Å². The summed E-state index contributed by atoms with van der Waals surface area (Å²) >= 11 is 0. The molecule has 4 aliphatic rings. The Morgan fingerprint density at radius 2 is 2.19 bits per heavy atom. The maximum absolute atomic E-state index is 12.1. The molecule has 0 aromatic carbocycles. The molecular weight excluding hydrogens is 202 g/mol. The van der Waals surface area contributed by atoms with Gasteiger partial charge in [0.1, 0.15) is 5.72 Å². The van der Waals surface area contributed by atoms with Crippen molar-refractivity contribution in [3.8, 4) is 0 Å². The highest BCUT2D eigenvalue weighted by atomic mass is 16.5. The lowest BCUT2D eigenvalue weighted by atomic mass is 9.82. The molecule has 3 nitrogen and oxygen atoms in total. The highest BCUT2D eigenvalue weighted by molar-refractivity contribution is 5.80. The van der Waals surface area contributed by atoms with Crippen LogP contribution in [0.2, 0.25) is 0 Å². The van der Waals surface area contributed by atoms with Gasteiger partial charge in [-0.1, -0.05) is 0 Å². The third-order valence-electron chi connectivity index (χ3n) is 5.51. The van der Waals surface area contributed by atoms with E-state index < -0.39 is 0 Å². The summed E-state index contributed by atoms with van der Waals surface area (Å²) in [5.41, 5.74) is -0.261. The minimum Gasteiger partial charge on any atom is -0.355 e. The largest absolute Gasteiger partial charge is 0.355 e. The van der Waals surface area contributed by atoms with Crippen LogP contribution in [0.4, 0.5) is 0 Å². The Morgan fingerprint density at radius 1 is 1.38 bits per heavy atom. The number of ether oxygens (including phenoxy) is 1. The van der Waals surface area contributed by atoms with Crippen LogP contribution in [-0.2, 0) is 9.53 Å². The second kappa shape index (κ2) is 2.81. The predicted octanol–water partition coefficient (Wildman–Crippen LogP) is 1.77. The van der Waals surface area contributed by atoms with Gasteiger partial charge < -0.3 is 9.64 Å². The number of fused-ring (bicyclic) bond motifs is 7. The van der Waals surface area contributed by atoms with Gasteiger partial charge in [0.15, 0.2) is 0 Å². The first-order chi connectivity index (χ1) is 7.69. The molecular formula is C13H19NO2. The summed E-state index contributed by atoms with van der Waals surface area (Å²) in [5.74, 6) is 2.60. The molecule has 16 heavy (non-hydrogen) atoms. The second-order valence-corrected chi connectivity index (χ2v) is 6.24. The van der Waals surface area contributed by atoms with Crippen molar-refractivity contribution in [2.75, 3.05) is 6.61 Å². The van der Waals surface area contributed by atoms with Gasteiger partial charge in [0.25, 0.3) is 0 Å². The van der Waals surface area contributed by atoms with Gasteiger partial charge in [-0.05, 0) is 38.0 Å². The monoisotopic (exact) mass is 221 g/mol. The van der Waals surface area contributed by atoms with Crippen LogP contribution < -0.4 is 0 Å². The van der Waals surface area contributed by atoms with Crippen molar-refractivity contribution < 1.29 is 9.53 Å². The van der Waals surface area contributed by atoms with E-state index in [1.165, 1.54) is 19.3 Å². The van der Waals surface area contributed by atoms with Crippen LogP contribution in [0.3, 0.4) is 0 Å². The molecule has 2 aliphatic heterocycles. The van der Waals surface area contributed by atoms with Crippen LogP contribution in [0, 0.1) is 17.8 Å². The fourth-order valence-electron chi connectivity index (χ4n) is 4.76. The predicted molar refractivity (Wildman–Crippen MR) is 58.5 cm³/mol. The van der Waals surface area contributed by atoms with Crippen molar-refractivity contribution in [1.82, 2.24) is 4.90 Å². The number of rotatable bonds is 0. The minimum atomic E-state index is -0.261. The number of carbonyl (C=O) groups is 1. The Morgan fingerprint density at radius 3 is 3.06 bits per heavy atom. The molecule has 3 heteroatoms. The standard InChI is InChI=1S/C13H19NO2/c1-13-5-4-11(15)14(13)12-9-3-2-8(6-9)10(12)7-16-13/h8-10,12H,2-7H2,1H3/t8-,9+,10+,12-,13+/m1/s1. The normalized spacial score (nSPS) is 54.3. The molecule has 2 heterocycles. The van der Waals surface area contributed by atoms with Crippen LogP contribution in [0.15, 0.2) is 0 Å². The van der Waals surface area contributed by atoms with Gasteiger partial charge in [0.2, 0.25) is 5.91 Å². The summed E-state index contributed by atoms with van der Waals surface area (Å²) in [6, 6.07) is 0.521. The number of hydrogen-bond acceptors (Lipinski definition) is 2. The Bertz CT molecular complexity index is 356. The lowest BCUT2D eigenvalue weighted by Gasteiger charge is -2.50. The van der Waals surface area contributed by atoms with E-state index in [4.69, 9.17) is 4.74 Å². The average Bonchev–Trinajstić information content (AvgIpc) is 2.92. The number of nitrogens with zero attached hydrogens (tertiary/aromatic N) is 1. The van der Waals surface area contributed by atoms with Gasteiger partial charge >= 0.3 is 0 Å². The highest BCUT2D eigenvalue weighted by Crippen LogP contribution is 2.55. The maximum atomic E-state index is 12.1. The highest BCUT2D eigenvalue weighted by Gasteiger charge is 2.60. The SMILES string of the molecule is C[C@]12CCC(=O)N1[C@@H]1[C@H]3CC[C@H](C3)[C@@H]1CO2. The molecule has 0 unspecified atom stereocenters. The quantitative estimate of drug-likeness (QED) is 0.624.